The molecule has 0 radical (unpaired) electrons. The van der Waals surface area contributed by atoms with Crippen LogP contribution in [-0.4, -0.2) is 30.3 Å². The minimum atomic E-state index is -0.781. The van der Waals surface area contributed by atoms with E-state index in [9.17, 15) is 14.4 Å². The van der Waals surface area contributed by atoms with E-state index in [1.165, 1.54) is 0 Å². The van der Waals surface area contributed by atoms with E-state index in [1.807, 2.05) is 49.4 Å². The quantitative estimate of drug-likeness (QED) is 0.667. The van der Waals surface area contributed by atoms with E-state index in [0.29, 0.717) is 12.0 Å². The number of nitrogens with two attached hydrogens (primary N) is 1. The van der Waals surface area contributed by atoms with Crippen LogP contribution in [-0.2, 0) is 16.0 Å². The summed E-state index contributed by atoms with van der Waals surface area (Å²) in [7, 11) is 0. The summed E-state index contributed by atoms with van der Waals surface area (Å²) >= 11 is 0. The molecule has 136 valence electrons. The number of rotatable bonds is 8. The van der Waals surface area contributed by atoms with Crippen molar-refractivity contribution in [3.63, 3.8) is 0 Å². The van der Waals surface area contributed by atoms with Crippen molar-refractivity contribution >= 4 is 17.7 Å². The lowest BCUT2D eigenvalue weighted by molar-refractivity contribution is -0.127. The molecule has 2 aromatic carbocycles. The van der Waals surface area contributed by atoms with Gasteiger partial charge in [-0.3, -0.25) is 14.4 Å². The van der Waals surface area contributed by atoms with E-state index in [0.717, 1.165) is 11.1 Å². The highest BCUT2D eigenvalue weighted by molar-refractivity contribution is 5.95. The third-order valence-electron chi connectivity index (χ3n) is 3.99. The number of aryl methyl sites for hydroxylation is 1. The predicted molar refractivity (Wildman–Crippen MR) is 99.4 cm³/mol. The standard InChI is InChI=1S/C20H23N3O3/c1-14-7-5-6-10-16(14)20(26)22-12-11-18(24)23-17(19(21)25)13-15-8-3-2-4-9-15/h2-10,17H,11-13H2,1H3,(H2,21,25)(H,22,26)(H,23,24). The molecule has 6 nitrogen and oxygen atoms in total. The van der Waals surface area contributed by atoms with Crippen molar-refractivity contribution in [1.82, 2.24) is 10.6 Å². The van der Waals surface area contributed by atoms with Gasteiger partial charge in [0.05, 0.1) is 0 Å². The molecule has 0 fully saturated rings. The Bertz CT molecular complexity index is 775. The highest BCUT2D eigenvalue weighted by atomic mass is 16.2. The molecular weight excluding hydrogens is 330 g/mol. The number of carbonyl (C=O) groups excluding carboxylic acids is 3. The van der Waals surface area contributed by atoms with Gasteiger partial charge >= 0.3 is 0 Å². The number of benzene rings is 2. The van der Waals surface area contributed by atoms with Gasteiger partial charge in [-0.05, 0) is 24.1 Å². The van der Waals surface area contributed by atoms with Crippen molar-refractivity contribution in [2.24, 2.45) is 5.73 Å². The van der Waals surface area contributed by atoms with Crippen molar-refractivity contribution < 1.29 is 14.4 Å². The second-order valence-corrected chi connectivity index (χ2v) is 6.03. The Kier molecular flexibility index (Phi) is 6.91. The summed E-state index contributed by atoms with van der Waals surface area (Å²) in [6.45, 7) is 2.03. The maximum absolute atomic E-state index is 12.1. The second-order valence-electron chi connectivity index (χ2n) is 6.03. The van der Waals surface area contributed by atoms with Crippen LogP contribution in [0.2, 0.25) is 0 Å². The number of nitrogens with one attached hydrogen (secondary N) is 2. The zero-order chi connectivity index (χ0) is 18.9. The monoisotopic (exact) mass is 353 g/mol. The molecule has 2 aromatic rings. The zero-order valence-electron chi connectivity index (χ0n) is 14.7. The maximum atomic E-state index is 12.1. The molecule has 0 heterocycles. The Labute approximate surface area is 152 Å². The van der Waals surface area contributed by atoms with Crippen LogP contribution in [0.3, 0.4) is 0 Å². The van der Waals surface area contributed by atoms with Crippen LogP contribution in [0.25, 0.3) is 0 Å². The van der Waals surface area contributed by atoms with Gasteiger partial charge < -0.3 is 16.4 Å². The number of hydrogen-bond acceptors (Lipinski definition) is 3. The summed E-state index contributed by atoms with van der Waals surface area (Å²) in [6.07, 6.45) is 0.397. The molecule has 26 heavy (non-hydrogen) atoms. The summed E-state index contributed by atoms with van der Waals surface area (Å²) < 4.78 is 0. The van der Waals surface area contributed by atoms with Gasteiger partial charge in [-0.25, -0.2) is 0 Å². The van der Waals surface area contributed by atoms with Gasteiger partial charge in [-0.15, -0.1) is 0 Å². The number of hydrogen-bond donors (Lipinski definition) is 3. The van der Waals surface area contributed by atoms with Crippen molar-refractivity contribution in [3.8, 4) is 0 Å². The molecule has 0 aliphatic rings. The van der Waals surface area contributed by atoms with Gasteiger partial charge in [0.1, 0.15) is 6.04 Å². The van der Waals surface area contributed by atoms with Crippen LogP contribution in [0.15, 0.2) is 54.6 Å². The van der Waals surface area contributed by atoms with Gasteiger partial charge in [0.2, 0.25) is 11.8 Å². The molecule has 0 aliphatic heterocycles. The first-order valence-corrected chi connectivity index (χ1v) is 8.44. The first-order valence-electron chi connectivity index (χ1n) is 8.44. The summed E-state index contributed by atoms with van der Waals surface area (Å²) in [4.78, 5) is 35.7. The highest BCUT2D eigenvalue weighted by Crippen LogP contribution is 2.06. The first kappa shape index (κ1) is 19.2. The third-order valence-corrected chi connectivity index (χ3v) is 3.99. The van der Waals surface area contributed by atoms with Gasteiger partial charge in [0, 0.05) is 24.9 Å². The Morgan fingerprint density at radius 2 is 1.65 bits per heavy atom. The molecule has 0 saturated carbocycles. The molecule has 0 saturated heterocycles. The predicted octanol–water partition coefficient (Wildman–Crippen LogP) is 1.33. The lowest BCUT2D eigenvalue weighted by Gasteiger charge is -2.16. The van der Waals surface area contributed by atoms with Crippen LogP contribution < -0.4 is 16.4 Å². The van der Waals surface area contributed by atoms with Gasteiger partial charge in [0.15, 0.2) is 0 Å². The fourth-order valence-electron chi connectivity index (χ4n) is 2.55. The number of carbonyl (C=O) groups is 3. The fraction of sp³-hybridized carbons (Fsp3) is 0.250. The summed E-state index contributed by atoms with van der Waals surface area (Å²) in [5.74, 6) is -1.16. The molecule has 6 heteroatoms. The third kappa shape index (κ3) is 5.73. The lowest BCUT2D eigenvalue weighted by atomic mass is 10.1. The number of primary amides is 1. The largest absolute Gasteiger partial charge is 0.368 e. The van der Waals surface area contributed by atoms with E-state index in [4.69, 9.17) is 5.73 Å². The van der Waals surface area contributed by atoms with Gasteiger partial charge in [-0.2, -0.15) is 0 Å². The molecule has 0 aromatic heterocycles. The number of amides is 3. The lowest BCUT2D eigenvalue weighted by Crippen LogP contribution is -2.46. The molecule has 0 aliphatic carbocycles. The Morgan fingerprint density at radius 3 is 2.31 bits per heavy atom. The minimum Gasteiger partial charge on any atom is -0.368 e. The van der Waals surface area contributed by atoms with Crippen LogP contribution in [0.1, 0.15) is 27.9 Å². The molecule has 1 unspecified atom stereocenters. The molecule has 0 bridgehead atoms. The van der Waals surface area contributed by atoms with Gasteiger partial charge in [0.25, 0.3) is 5.91 Å². The normalized spacial score (nSPS) is 11.4. The van der Waals surface area contributed by atoms with Crippen LogP contribution in [0, 0.1) is 6.92 Å². The van der Waals surface area contributed by atoms with Crippen molar-refractivity contribution in [3.05, 3.63) is 71.3 Å². The zero-order valence-corrected chi connectivity index (χ0v) is 14.7. The van der Waals surface area contributed by atoms with Crippen LogP contribution >= 0.6 is 0 Å². The van der Waals surface area contributed by atoms with E-state index in [1.54, 1.807) is 12.1 Å². The second kappa shape index (κ2) is 9.36. The molecule has 1 atom stereocenters. The maximum Gasteiger partial charge on any atom is 0.251 e. The van der Waals surface area contributed by atoms with E-state index in [-0.39, 0.29) is 24.8 Å². The summed E-state index contributed by atoms with van der Waals surface area (Å²) in [5, 5.41) is 5.33. The fourth-order valence-corrected chi connectivity index (χ4v) is 2.55. The highest BCUT2D eigenvalue weighted by Gasteiger charge is 2.18. The molecular formula is C20H23N3O3. The summed E-state index contributed by atoms with van der Waals surface area (Å²) in [6, 6.07) is 15.8. The Hall–Kier alpha value is -3.15. The Morgan fingerprint density at radius 1 is 1.00 bits per heavy atom. The first-order chi connectivity index (χ1) is 12.5. The van der Waals surface area contributed by atoms with Gasteiger partial charge in [-0.1, -0.05) is 48.5 Å². The SMILES string of the molecule is Cc1ccccc1C(=O)NCCC(=O)NC(Cc1ccccc1)C(N)=O. The average molecular weight is 353 g/mol. The molecule has 0 spiro atoms. The topological polar surface area (TPSA) is 101 Å². The summed E-state index contributed by atoms with van der Waals surface area (Å²) in [5.41, 5.74) is 7.73. The van der Waals surface area contributed by atoms with E-state index < -0.39 is 11.9 Å². The van der Waals surface area contributed by atoms with E-state index >= 15 is 0 Å². The smallest absolute Gasteiger partial charge is 0.251 e. The van der Waals surface area contributed by atoms with E-state index in [2.05, 4.69) is 10.6 Å². The molecule has 2 rings (SSSR count). The van der Waals surface area contributed by atoms with Crippen LogP contribution in [0.5, 0.6) is 0 Å². The van der Waals surface area contributed by atoms with Crippen LogP contribution in [0.4, 0.5) is 0 Å². The van der Waals surface area contributed by atoms with Crippen molar-refractivity contribution in [1.29, 1.82) is 0 Å². The molecule has 3 amide bonds. The average Bonchev–Trinajstić information content (AvgIpc) is 2.62. The van der Waals surface area contributed by atoms with Crippen molar-refractivity contribution in [2.45, 2.75) is 25.8 Å². The minimum absolute atomic E-state index is 0.0657. The van der Waals surface area contributed by atoms with Crippen molar-refractivity contribution in [2.75, 3.05) is 6.54 Å². The molecule has 4 N–H and O–H groups in total. The Balaban J connectivity index is 1.82.